The van der Waals surface area contributed by atoms with Gasteiger partial charge in [-0.25, -0.2) is 8.42 Å². The summed E-state index contributed by atoms with van der Waals surface area (Å²) in [6.07, 6.45) is 0.943. The maximum atomic E-state index is 13.1. The van der Waals surface area contributed by atoms with Gasteiger partial charge in [0.05, 0.1) is 23.8 Å². The highest BCUT2D eigenvalue weighted by atomic mass is 32.2. The second kappa shape index (κ2) is 9.64. The van der Waals surface area contributed by atoms with Gasteiger partial charge in [0.25, 0.3) is 5.69 Å². The number of ether oxygens (including phenoxy) is 1. The van der Waals surface area contributed by atoms with Crippen molar-refractivity contribution in [3.05, 3.63) is 28.3 Å². The molecule has 0 aliphatic carbocycles. The lowest BCUT2D eigenvalue weighted by Gasteiger charge is -2.29. The van der Waals surface area contributed by atoms with Crippen LogP contribution in [-0.4, -0.2) is 75.5 Å². The van der Waals surface area contributed by atoms with Crippen LogP contribution in [0.25, 0.3) is 0 Å². The van der Waals surface area contributed by atoms with Crippen LogP contribution in [0.4, 0.5) is 11.4 Å². The maximum Gasteiger partial charge on any atom is 0.270 e. The Hall–Kier alpha value is -1.75. The summed E-state index contributed by atoms with van der Waals surface area (Å²) < 4.78 is 32.8. The van der Waals surface area contributed by atoms with Crippen LogP contribution < -0.4 is 5.32 Å². The summed E-state index contributed by atoms with van der Waals surface area (Å²) in [7, 11) is 0.0971. The predicted octanol–water partition coefficient (Wildman–Crippen LogP) is 2.00. The Morgan fingerprint density at radius 1 is 1.29 bits per heavy atom. The van der Waals surface area contributed by atoms with Gasteiger partial charge in [0.1, 0.15) is 4.90 Å². The molecule has 1 heterocycles. The number of benzene rings is 1. The highest BCUT2D eigenvalue weighted by Gasteiger charge is 2.30. The molecule has 1 fully saturated rings. The van der Waals surface area contributed by atoms with Crippen LogP contribution in [0.1, 0.15) is 20.3 Å². The number of rotatable bonds is 9. The van der Waals surface area contributed by atoms with E-state index in [4.69, 9.17) is 4.74 Å². The summed E-state index contributed by atoms with van der Waals surface area (Å²) in [6, 6.07) is 4.15. The number of morpholine rings is 1. The Balaban J connectivity index is 2.34. The molecule has 0 radical (unpaired) electrons. The highest BCUT2D eigenvalue weighted by molar-refractivity contribution is 7.89. The van der Waals surface area contributed by atoms with Crippen LogP contribution >= 0.6 is 0 Å². The first kappa shape index (κ1) is 22.5. The molecule has 0 bridgehead atoms. The number of nitro benzene ring substituents is 1. The molecule has 10 heteroatoms. The topological polar surface area (TPSA) is 105 Å². The number of non-ortho nitro benzene ring substituents is 1. The van der Waals surface area contributed by atoms with Gasteiger partial charge in [-0.05, 0) is 32.5 Å². The SMILES string of the molecule is CC(C)C[C@H](CNc1ccc([N+](=O)[O-])cc1S(=O)(=O)N1CCOCC1)N(C)C. The molecule has 158 valence electrons. The molecule has 1 N–H and O–H groups in total. The molecule has 1 aromatic carbocycles. The summed E-state index contributed by atoms with van der Waals surface area (Å²) >= 11 is 0. The minimum atomic E-state index is -3.87. The fraction of sp³-hybridized carbons (Fsp3) is 0.667. The molecule has 1 aliphatic heterocycles. The Morgan fingerprint density at radius 3 is 2.46 bits per heavy atom. The molecule has 1 atom stereocenters. The van der Waals surface area contributed by atoms with E-state index in [1.54, 1.807) is 0 Å². The zero-order valence-electron chi connectivity index (χ0n) is 16.9. The van der Waals surface area contributed by atoms with Gasteiger partial charge in [-0.2, -0.15) is 4.31 Å². The lowest BCUT2D eigenvalue weighted by atomic mass is 10.0. The number of nitrogens with zero attached hydrogens (tertiary/aromatic N) is 3. The van der Waals surface area contributed by atoms with E-state index in [-0.39, 0.29) is 29.7 Å². The van der Waals surface area contributed by atoms with Gasteiger partial charge in [0, 0.05) is 37.8 Å². The normalized spacial score (nSPS) is 17.1. The highest BCUT2D eigenvalue weighted by Crippen LogP contribution is 2.29. The number of sulfonamides is 1. The first-order valence-electron chi connectivity index (χ1n) is 9.39. The minimum absolute atomic E-state index is 0.0642. The lowest BCUT2D eigenvalue weighted by Crippen LogP contribution is -2.41. The lowest BCUT2D eigenvalue weighted by molar-refractivity contribution is -0.385. The van der Waals surface area contributed by atoms with Crippen molar-refractivity contribution >= 4 is 21.4 Å². The number of hydrogen-bond donors (Lipinski definition) is 1. The van der Waals surface area contributed by atoms with Gasteiger partial charge in [-0.15, -0.1) is 0 Å². The van der Waals surface area contributed by atoms with Gasteiger partial charge in [-0.3, -0.25) is 10.1 Å². The predicted molar refractivity (Wildman–Crippen MR) is 108 cm³/mol. The second-order valence-corrected chi connectivity index (χ2v) is 9.49. The zero-order chi connectivity index (χ0) is 20.9. The number of anilines is 1. The van der Waals surface area contributed by atoms with Crippen molar-refractivity contribution in [1.29, 1.82) is 0 Å². The van der Waals surface area contributed by atoms with E-state index in [9.17, 15) is 18.5 Å². The van der Waals surface area contributed by atoms with Crippen LogP contribution in [0.3, 0.4) is 0 Å². The molecule has 0 saturated carbocycles. The first-order chi connectivity index (χ1) is 13.1. The monoisotopic (exact) mass is 414 g/mol. The van der Waals surface area contributed by atoms with E-state index in [1.165, 1.54) is 16.4 Å². The Kier molecular flexibility index (Phi) is 7.76. The van der Waals surface area contributed by atoms with Crippen LogP contribution in [0.5, 0.6) is 0 Å². The average Bonchev–Trinajstić information content (AvgIpc) is 2.65. The summed E-state index contributed by atoms with van der Waals surface area (Å²) in [4.78, 5) is 12.6. The average molecular weight is 415 g/mol. The second-order valence-electron chi connectivity index (χ2n) is 7.58. The van der Waals surface area contributed by atoms with E-state index < -0.39 is 14.9 Å². The van der Waals surface area contributed by atoms with Crippen molar-refractivity contribution in [3.63, 3.8) is 0 Å². The third-order valence-corrected chi connectivity index (χ3v) is 6.70. The van der Waals surface area contributed by atoms with E-state index >= 15 is 0 Å². The summed E-state index contributed by atoms with van der Waals surface area (Å²) in [5.41, 5.74) is 0.136. The Morgan fingerprint density at radius 2 is 1.93 bits per heavy atom. The molecule has 0 spiro atoms. The van der Waals surface area contributed by atoms with Gasteiger partial charge in [-0.1, -0.05) is 13.8 Å². The Bertz CT molecular complexity index is 776. The molecule has 0 unspecified atom stereocenters. The molecule has 1 saturated heterocycles. The molecule has 9 nitrogen and oxygen atoms in total. The van der Waals surface area contributed by atoms with Crippen LogP contribution in [0.2, 0.25) is 0 Å². The van der Waals surface area contributed by atoms with Crippen molar-refractivity contribution in [2.24, 2.45) is 5.92 Å². The standard InChI is InChI=1S/C18H30N4O5S/c1-14(2)11-16(20(3)4)13-19-17-6-5-15(22(23)24)12-18(17)28(25,26)21-7-9-27-10-8-21/h5-6,12,14,16,19H,7-11,13H2,1-4H3/t16-/m1/s1. The van der Waals surface area contributed by atoms with Crippen LogP contribution in [0, 0.1) is 16.0 Å². The first-order valence-corrected chi connectivity index (χ1v) is 10.8. The Labute approximate surface area is 166 Å². The zero-order valence-corrected chi connectivity index (χ0v) is 17.7. The molecule has 0 aromatic heterocycles. The number of nitrogens with one attached hydrogen (secondary N) is 1. The van der Waals surface area contributed by atoms with Crippen molar-refractivity contribution in [2.75, 3.05) is 52.3 Å². The maximum absolute atomic E-state index is 13.1. The minimum Gasteiger partial charge on any atom is -0.382 e. The largest absolute Gasteiger partial charge is 0.382 e. The smallest absolute Gasteiger partial charge is 0.270 e. The van der Waals surface area contributed by atoms with Gasteiger partial charge in [0.15, 0.2) is 0 Å². The van der Waals surface area contributed by atoms with Crippen molar-refractivity contribution < 1.29 is 18.1 Å². The van der Waals surface area contributed by atoms with Crippen LogP contribution in [-0.2, 0) is 14.8 Å². The number of nitro groups is 1. The van der Waals surface area contributed by atoms with E-state index in [1.807, 2.05) is 14.1 Å². The number of likely N-dealkylation sites (N-methyl/N-ethyl adjacent to an activating group) is 1. The van der Waals surface area contributed by atoms with Crippen LogP contribution in [0.15, 0.2) is 23.1 Å². The van der Waals surface area contributed by atoms with Gasteiger partial charge in [0.2, 0.25) is 10.0 Å². The van der Waals surface area contributed by atoms with Crippen molar-refractivity contribution in [2.45, 2.75) is 31.2 Å². The molecule has 2 rings (SSSR count). The summed E-state index contributed by atoms with van der Waals surface area (Å²) in [5, 5.41) is 14.4. The van der Waals surface area contributed by atoms with Gasteiger partial charge < -0.3 is 15.0 Å². The summed E-state index contributed by atoms with van der Waals surface area (Å²) in [6.45, 7) is 5.90. The molecular formula is C18H30N4O5S. The molecule has 0 amide bonds. The molecular weight excluding hydrogens is 384 g/mol. The van der Waals surface area contributed by atoms with E-state index in [0.717, 1.165) is 12.5 Å². The third-order valence-electron chi connectivity index (χ3n) is 4.77. The quantitative estimate of drug-likeness (QED) is 0.487. The number of hydrogen-bond acceptors (Lipinski definition) is 7. The third kappa shape index (κ3) is 5.63. The molecule has 1 aromatic rings. The van der Waals surface area contributed by atoms with E-state index in [0.29, 0.717) is 31.4 Å². The van der Waals surface area contributed by atoms with Crippen molar-refractivity contribution in [3.8, 4) is 0 Å². The fourth-order valence-electron chi connectivity index (χ4n) is 3.16. The van der Waals surface area contributed by atoms with E-state index in [2.05, 4.69) is 24.1 Å². The van der Waals surface area contributed by atoms with Gasteiger partial charge >= 0.3 is 0 Å². The van der Waals surface area contributed by atoms with Crippen molar-refractivity contribution in [1.82, 2.24) is 9.21 Å². The fourth-order valence-corrected chi connectivity index (χ4v) is 4.75. The summed E-state index contributed by atoms with van der Waals surface area (Å²) in [5.74, 6) is 0.489. The molecule has 1 aliphatic rings. The molecule has 28 heavy (non-hydrogen) atoms.